The van der Waals surface area contributed by atoms with Crippen molar-refractivity contribution in [2.24, 2.45) is 0 Å². The largest absolute Gasteiger partial charge is 0.478 e. The SMILES string of the molecule is O=C1Nc2cc(C(=O)c3cccc(NC(=O)c4cccs4)c3)ccc2/C1=C\Nc1ccc(C(=O)O)cc1. The summed E-state index contributed by atoms with van der Waals surface area (Å²) in [5.74, 6) is -1.84. The first kappa shape index (κ1) is 23.7. The average molecular weight is 510 g/mol. The molecule has 4 N–H and O–H groups in total. The molecule has 2 heterocycles. The van der Waals surface area contributed by atoms with Gasteiger partial charge in [0.1, 0.15) is 0 Å². The fraction of sp³-hybridized carbons (Fsp3) is 0. The Morgan fingerprint density at radius 2 is 1.59 bits per heavy atom. The molecule has 3 aromatic carbocycles. The van der Waals surface area contributed by atoms with Crippen LogP contribution in [0, 0.1) is 0 Å². The molecule has 4 aromatic rings. The van der Waals surface area contributed by atoms with Crippen molar-refractivity contribution < 1.29 is 24.3 Å². The Kier molecular flexibility index (Phi) is 6.36. The molecule has 5 rings (SSSR count). The smallest absolute Gasteiger partial charge is 0.335 e. The Labute approximate surface area is 215 Å². The number of thiophene rings is 1. The molecule has 9 heteroatoms. The number of anilines is 3. The maximum atomic E-state index is 13.2. The predicted molar refractivity (Wildman–Crippen MR) is 142 cm³/mol. The number of carboxylic acids is 1. The Balaban J connectivity index is 1.33. The molecule has 0 bridgehead atoms. The second kappa shape index (κ2) is 9.92. The molecule has 0 fully saturated rings. The Morgan fingerprint density at radius 3 is 2.32 bits per heavy atom. The molecular formula is C28H19N3O5S. The van der Waals surface area contributed by atoms with Crippen molar-refractivity contribution in [1.82, 2.24) is 0 Å². The summed E-state index contributed by atoms with van der Waals surface area (Å²) in [6, 6.07) is 21.3. The zero-order valence-corrected chi connectivity index (χ0v) is 20.0. The Morgan fingerprint density at radius 1 is 0.838 bits per heavy atom. The van der Waals surface area contributed by atoms with Crippen molar-refractivity contribution in [2.45, 2.75) is 0 Å². The van der Waals surface area contributed by atoms with Crippen LogP contribution in [0.15, 0.2) is 90.4 Å². The van der Waals surface area contributed by atoms with E-state index in [0.717, 1.165) is 0 Å². The minimum Gasteiger partial charge on any atom is -0.478 e. The first-order valence-electron chi connectivity index (χ1n) is 11.1. The molecule has 182 valence electrons. The second-order valence-corrected chi connectivity index (χ2v) is 9.09. The first-order valence-corrected chi connectivity index (χ1v) is 12.0. The van der Waals surface area contributed by atoms with Gasteiger partial charge in [-0.05, 0) is 53.9 Å². The van der Waals surface area contributed by atoms with Gasteiger partial charge < -0.3 is 21.1 Å². The number of hydrogen-bond donors (Lipinski definition) is 4. The fourth-order valence-electron chi connectivity index (χ4n) is 3.85. The van der Waals surface area contributed by atoms with E-state index < -0.39 is 5.97 Å². The van der Waals surface area contributed by atoms with Crippen LogP contribution in [0.25, 0.3) is 5.57 Å². The number of carboxylic acid groups (broad SMARTS) is 1. The summed E-state index contributed by atoms with van der Waals surface area (Å²) in [5.41, 5.74) is 3.60. The van der Waals surface area contributed by atoms with Crippen LogP contribution in [0.1, 0.15) is 41.5 Å². The highest BCUT2D eigenvalue weighted by Gasteiger charge is 2.25. The van der Waals surface area contributed by atoms with E-state index in [0.29, 0.717) is 44.2 Å². The molecule has 1 aliphatic rings. The molecule has 0 aliphatic carbocycles. The monoisotopic (exact) mass is 509 g/mol. The lowest BCUT2D eigenvalue weighted by atomic mass is 9.99. The van der Waals surface area contributed by atoms with E-state index in [1.807, 2.05) is 5.38 Å². The third-order valence-corrected chi connectivity index (χ3v) is 6.58. The lowest BCUT2D eigenvalue weighted by molar-refractivity contribution is -0.110. The normalized spacial score (nSPS) is 13.1. The maximum absolute atomic E-state index is 13.2. The summed E-state index contributed by atoms with van der Waals surface area (Å²) in [7, 11) is 0. The van der Waals surface area contributed by atoms with Gasteiger partial charge in [-0.1, -0.05) is 30.3 Å². The Hall–Kier alpha value is -5.02. The Bertz CT molecular complexity index is 1570. The summed E-state index contributed by atoms with van der Waals surface area (Å²) in [6.45, 7) is 0. The molecule has 0 unspecified atom stereocenters. The number of amides is 2. The van der Waals surface area contributed by atoms with Crippen LogP contribution in [0.5, 0.6) is 0 Å². The van der Waals surface area contributed by atoms with Crippen LogP contribution in [0.3, 0.4) is 0 Å². The van der Waals surface area contributed by atoms with Gasteiger partial charge in [0.25, 0.3) is 11.8 Å². The van der Waals surface area contributed by atoms with Gasteiger partial charge >= 0.3 is 5.97 Å². The average Bonchev–Trinajstić information content (AvgIpc) is 3.55. The van der Waals surface area contributed by atoms with E-state index in [-0.39, 0.29) is 23.2 Å². The van der Waals surface area contributed by atoms with Gasteiger partial charge in [0.2, 0.25) is 0 Å². The number of ketones is 1. The molecule has 37 heavy (non-hydrogen) atoms. The second-order valence-electron chi connectivity index (χ2n) is 8.14. The summed E-state index contributed by atoms with van der Waals surface area (Å²) in [6.07, 6.45) is 1.54. The number of hydrogen-bond acceptors (Lipinski definition) is 6. The first-order chi connectivity index (χ1) is 17.9. The van der Waals surface area contributed by atoms with E-state index >= 15 is 0 Å². The van der Waals surface area contributed by atoms with E-state index in [9.17, 15) is 19.2 Å². The van der Waals surface area contributed by atoms with Gasteiger partial charge in [0.15, 0.2) is 5.78 Å². The van der Waals surface area contributed by atoms with E-state index in [2.05, 4.69) is 16.0 Å². The predicted octanol–water partition coefficient (Wildman–Crippen LogP) is 5.33. The summed E-state index contributed by atoms with van der Waals surface area (Å²) in [5, 5.41) is 19.4. The highest BCUT2D eigenvalue weighted by molar-refractivity contribution is 7.12. The van der Waals surface area contributed by atoms with Crippen molar-refractivity contribution in [3.63, 3.8) is 0 Å². The molecule has 0 atom stereocenters. The molecule has 0 spiro atoms. The third-order valence-electron chi connectivity index (χ3n) is 5.71. The van der Waals surface area contributed by atoms with Gasteiger partial charge in [-0.15, -0.1) is 11.3 Å². The van der Waals surface area contributed by atoms with Crippen LogP contribution in [-0.2, 0) is 4.79 Å². The van der Waals surface area contributed by atoms with Crippen LogP contribution < -0.4 is 16.0 Å². The summed E-state index contributed by atoms with van der Waals surface area (Å²) < 4.78 is 0. The standard InChI is InChI=1S/C28H19N3O5S/c32-25(17-3-1-4-20(13-17)30-27(34)24-5-2-12-37-24)18-8-11-21-22(26(33)31-23(21)14-18)15-29-19-9-6-16(7-10-19)28(35)36/h1-15,29H,(H,30,34)(H,31,33)(H,35,36)/b22-15+. The van der Waals surface area contributed by atoms with E-state index in [1.165, 1.54) is 29.7 Å². The number of aromatic carboxylic acids is 1. The third kappa shape index (κ3) is 5.02. The van der Waals surface area contributed by atoms with Gasteiger partial charge in [0, 0.05) is 40.0 Å². The van der Waals surface area contributed by atoms with Crippen LogP contribution in [0.4, 0.5) is 17.1 Å². The lowest BCUT2D eigenvalue weighted by Crippen LogP contribution is -2.11. The molecular weight excluding hydrogens is 490 g/mol. The van der Waals surface area contributed by atoms with Gasteiger partial charge in [-0.2, -0.15) is 0 Å². The zero-order valence-electron chi connectivity index (χ0n) is 19.1. The summed E-state index contributed by atoms with van der Waals surface area (Å²) >= 11 is 1.33. The van der Waals surface area contributed by atoms with Crippen LogP contribution in [-0.4, -0.2) is 28.7 Å². The number of benzene rings is 3. The molecule has 8 nitrogen and oxygen atoms in total. The van der Waals surface area contributed by atoms with Crippen molar-refractivity contribution in [3.8, 4) is 0 Å². The maximum Gasteiger partial charge on any atom is 0.335 e. The number of fused-ring (bicyclic) bond motifs is 1. The number of carbonyl (C=O) groups excluding carboxylic acids is 3. The molecule has 0 saturated carbocycles. The quantitative estimate of drug-likeness (QED) is 0.197. The number of rotatable bonds is 7. The minimum absolute atomic E-state index is 0.162. The molecule has 0 saturated heterocycles. The van der Waals surface area contributed by atoms with Crippen molar-refractivity contribution >= 4 is 57.5 Å². The van der Waals surface area contributed by atoms with Gasteiger partial charge in [-0.3, -0.25) is 14.4 Å². The number of nitrogens with one attached hydrogen (secondary N) is 3. The van der Waals surface area contributed by atoms with Crippen molar-refractivity contribution in [1.29, 1.82) is 0 Å². The zero-order chi connectivity index (χ0) is 25.9. The highest BCUT2D eigenvalue weighted by atomic mass is 32.1. The fourth-order valence-corrected chi connectivity index (χ4v) is 4.47. The van der Waals surface area contributed by atoms with E-state index in [1.54, 1.807) is 66.7 Å². The highest BCUT2D eigenvalue weighted by Crippen LogP contribution is 2.33. The van der Waals surface area contributed by atoms with Crippen LogP contribution >= 0.6 is 11.3 Å². The summed E-state index contributed by atoms with van der Waals surface area (Å²) in [4.78, 5) is 49.7. The molecule has 1 aliphatic heterocycles. The number of carbonyl (C=O) groups is 4. The van der Waals surface area contributed by atoms with Gasteiger partial charge in [0.05, 0.1) is 16.0 Å². The minimum atomic E-state index is -1.02. The van der Waals surface area contributed by atoms with Crippen molar-refractivity contribution in [2.75, 3.05) is 16.0 Å². The molecule has 2 amide bonds. The van der Waals surface area contributed by atoms with E-state index in [4.69, 9.17) is 5.11 Å². The van der Waals surface area contributed by atoms with Crippen LogP contribution in [0.2, 0.25) is 0 Å². The van der Waals surface area contributed by atoms with Gasteiger partial charge in [-0.25, -0.2) is 4.79 Å². The lowest BCUT2D eigenvalue weighted by Gasteiger charge is -2.08. The topological polar surface area (TPSA) is 125 Å². The molecule has 0 radical (unpaired) electrons. The molecule has 1 aromatic heterocycles. The van der Waals surface area contributed by atoms with Crippen molar-refractivity contribution in [3.05, 3.63) is 118 Å².